The lowest BCUT2D eigenvalue weighted by Crippen LogP contribution is -2.00. The third-order valence-corrected chi connectivity index (χ3v) is 3.45. The highest BCUT2D eigenvalue weighted by Gasteiger charge is 2.34. The molecule has 0 heteroatoms. The van der Waals surface area contributed by atoms with Crippen molar-refractivity contribution < 1.29 is 0 Å². The van der Waals surface area contributed by atoms with Crippen molar-refractivity contribution in [2.45, 2.75) is 52.4 Å². The van der Waals surface area contributed by atoms with E-state index in [2.05, 4.69) is 13.8 Å². The molecule has 0 aliphatic heterocycles. The zero-order valence-corrected chi connectivity index (χ0v) is 8.40. The van der Waals surface area contributed by atoms with Crippen molar-refractivity contribution in [2.75, 3.05) is 0 Å². The predicted molar refractivity (Wildman–Crippen MR) is 53.1 cm³/mol. The van der Waals surface area contributed by atoms with Gasteiger partial charge in [-0.1, -0.05) is 24.5 Å². The molecular weight excluding hydrogens is 144 g/mol. The van der Waals surface area contributed by atoms with Crippen molar-refractivity contribution in [3.05, 3.63) is 11.1 Å². The number of hydrogen-bond donors (Lipinski definition) is 0. The van der Waals surface area contributed by atoms with Gasteiger partial charge >= 0.3 is 0 Å². The summed E-state index contributed by atoms with van der Waals surface area (Å²) >= 11 is 0. The highest BCUT2D eigenvalue weighted by Crippen LogP contribution is 2.48. The number of rotatable bonds is 3. The fraction of sp³-hybridized carbons (Fsp3) is 0.833. The normalized spacial score (nSPS) is 30.0. The average Bonchev–Trinajstić information content (AvgIpc) is 2.80. The average molecular weight is 164 g/mol. The maximum atomic E-state index is 2.36. The standard InChI is InChI=1S/C12H20/c1-3-4-10-6-5-9(2)12(10)11-7-8-11/h10-11H,3-8H2,1-2H3. The molecule has 0 aromatic heterocycles. The molecule has 0 spiro atoms. The Labute approximate surface area is 76.1 Å². The van der Waals surface area contributed by atoms with Gasteiger partial charge in [-0.2, -0.15) is 0 Å². The summed E-state index contributed by atoms with van der Waals surface area (Å²) in [5.41, 5.74) is 3.63. The van der Waals surface area contributed by atoms with Gasteiger partial charge in [-0.15, -0.1) is 0 Å². The van der Waals surface area contributed by atoms with Crippen LogP contribution in [-0.4, -0.2) is 0 Å². The Balaban J connectivity index is 2.06. The van der Waals surface area contributed by atoms with Crippen molar-refractivity contribution in [3.8, 4) is 0 Å². The summed E-state index contributed by atoms with van der Waals surface area (Å²) < 4.78 is 0. The summed E-state index contributed by atoms with van der Waals surface area (Å²) in [5.74, 6) is 2.02. The van der Waals surface area contributed by atoms with E-state index in [1.165, 1.54) is 38.5 Å². The van der Waals surface area contributed by atoms with Gasteiger partial charge in [0.05, 0.1) is 0 Å². The quantitative estimate of drug-likeness (QED) is 0.554. The number of allylic oxidation sites excluding steroid dienone is 2. The second-order valence-corrected chi connectivity index (χ2v) is 4.53. The molecule has 0 nitrogen and oxygen atoms in total. The van der Waals surface area contributed by atoms with Crippen molar-refractivity contribution >= 4 is 0 Å². The molecule has 0 aromatic rings. The van der Waals surface area contributed by atoms with Gasteiger partial charge in [0.1, 0.15) is 0 Å². The minimum atomic E-state index is 0.988. The Hall–Kier alpha value is -0.260. The second-order valence-electron chi connectivity index (χ2n) is 4.53. The van der Waals surface area contributed by atoms with Crippen LogP contribution in [-0.2, 0) is 0 Å². The third-order valence-electron chi connectivity index (χ3n) is 3.45. The van der Waals surface area contributed by atoms with E-state index >= 15 is 0 Å². The molecule has 0 heterocycles. The highest BCUT2D eigenvalue weighted by molar-refractivity contribution is 5.26. The van der Waals surface area contributed by atoms with E-state index in [-0.39, 0.29) is 0 Å². The van der Waals surface area contributed by atoms with Crippen LogP contribution in [0.5, 0.6) is 0 Å². The molecule has 2 aliphatic rings. The summed E-state index contributed by atoms with van der Waals surface area (Å²) in [6, 6.07) is 0. The topological polar surface area (TPSA) is 0 Å². The smallest absolute Gasteiger partial charge is 0.0195 e. The summed E-state index contributed by atoms with van der Waals surface area (Å²) in [6.45, 7) is 4.68. The van der Waals surface area contributed by atoms with Crippen LogP contribution in [0.1, 0.15) is 52.4 Å². The summed E-state index contributed by atoms with van der Waals surface area (Å²) in [6.07, 6.45) is 8.67. The maximum absolute atomic E-state index is 2.36. The van der Waals surface area contributed by atoms with Gasteiger partial charge in [-0.25, -0.2) is 0 Å². The molecule has 0 saturated heterocycles. The van der Waals surface area contributed by atoms with Crippen molar-refractivity contribution in [2.24, 2.45) is 11.8 Å². The minimum absolute atomic E-state index is 0.988. The van der Waals surface area contributed by atoms with Gasteiger partial charge in [0.15, 0.2) is 0 Å². The first-order valence-corrected chi connectivity index (χ1v) is 5.52. The van der Waals surface area contributed by atoms with Crippen molar-refractivity contribution in [1.82, 2.24) is 0 Å². The Morgan fingerprint density at radius 3 is 2.58 bits per heavy atom. The Morgan fingerprint density at radius 1 is 1.25 bits per heavy atom. The first-order valence-electron chi connectivity index (χ1n) is 5.52. The van der Waals surface area contributed by atoms with E-state index in [4.69, 9.17) is 0 Å². The fourth-order valence-corrected chi connectivity index (χ4v) is 2.76. The Morgan fingerprint density at radius 2 is 2.00 bits per heavy atom. The van der Waals surface area contributed by atoms with Gasteiger partial charge in [-0.05, 0) is 50.9 Å². The Bertz CT molecular complexity index is 196. The molecule has 2 aliphatic carbocycles. The molecule has 1 unspecified atom stereocenters. The van der Waals surface area contributed by atoms with Crippen LogP contribution in [0.3, 0.4) is 0 Å². The lowest BCUT2D eigenvalue weighted by atomic mass is 9.92. The third kappa shape index (κ3) is 1.44. The van der Waals surface area contributed by atoms with Crippen LogP contribution >= 0.6 is 0 Å². The molecule has 2 rings (SSSR count). The molecule has 0 N–H and O–H groups in total. The van der Waals surface area contributed by atoms with E-state index in [0.717, 1.165) is 11.8 Å². The van der Waals surface area contributed by atoms with Crippen LogP contribution in [0.25, 0.3) is 0 Å². The molecule has 0 radical (unpaired) electrons. The largest absolute Gasteiger partial charge is 0.0735 e. The van der Waals surface area contributed by atoms with Crippen LogP contribution in [0, 0.1) is 11.8 Å². The van der Waals surface area contributed by atoms with Crippen molar-refractivity contribution in [3.63, 3.8) is 0 Å². The van der Waals surface area contributed by atoms with E-state index in [0.29, 0.717) is 0 Å². The molecule has 0 amide bonds. The molecule has 1 saturated carbocycles. The van der Waals surface area contributed by atoms with E-state index < -0.39 is 0 Å². The maximum Gasteiger partial charge on any atom is -0.0195 e. The highest BCUT2D eigenvalue weighted by atomic mass is 14.4. The van der Waals surface area contributed by atoms with Gasteiger partial charge in [-0.3, -0.25) is 0 Å². The SMILES string of the molecule is CCCC1CCC(C)=C1C1CC1. The Kier molecular flexibility index (Phi) is 2.25. The minimum Gasteiger partial charge on any atom is -0.0735 e. The lowest BCUT2D eigenvalue weighted by molar-refractivity contribution is 0.526. The van der Waals surface area contributed by atoms with Crippen LogP contribution in [0.15, 0.2) is 11.1 Å². The van der Waals surface area contributed by atoms with E-state index in [1.807, 2.05) is 5.57 Å². The fourth-order valence-electron chi connectivity index (χ4n) is 2.76. The molecule has 68 valence electrons. The predicted octanol–water partition coefficient (Wildman–Crippen LogP) is 3.92. The zero-order valence-electron chi connectivity index (χ0n) is 8.40. The first kappa shape index (κ1) is 8.34. The number of hydrogen-bond acceptors (Lipinski definition) is 0. The molecule has 1 fully saturated rings. The van der Waals surface area contributed by atoms with E-state index in [9.17, 15) is 0 Å². The summed E-state index contributed by atoms with van der Waals surface area (Å²) in [7, 11) is 0. The molecule has 12 heavy (non-hydrogen) atoms. The summed E-state index contributed by atoms with van der Waals surface area (Å²) in [4.78, 5) is 0. The monoisotopic (exact) mass is 164 g/mol. The van der Waals surface area contributed by atoms with Crippen LogP contribution in [0.4, 0.5) is 0 Å². The lowest BCUT2D eigenvalue weighted by Gasteiger charge is -2.13. The molecular formula is C12H20. The van der Waals surface area contributed by atoms with Gasteiger partial charge in [0, 0.05) is 0 Å². The van der Waals surface area contributed by atoms with Gasteiger partial charge < -0.3 is 0 Å². The van der Waals surface area contributed by atoms with E-state index in [1.54, 1.807) is 5.57 Å². The van der Waals surface area contributed by atoms with Crippen LogP contribution in [0.2, 0.25) is 0 Å². The zero-order chi connectivity index (χ0) is 8.55. The summed E-state index contributed by atoms with van der Waals surface area (Å²) in [5, 5.41) is 0. The van der Waals surface area contributed by atoms with Crippen molar-refractivity contribution in [1.29, 1.82) is 0 Å². The molecule has 0 bridgehead atoms. The first-order chi connectivity index (χ1) is 5.83. The molecule has 0 aromatic carbocycles. The van der Waals surface area contributed by atoms with Gasteiger partial charge in [0.25, 0.3) is 0 Å². The van der Waals surface area contributed by atoms with Crippen LogP contribution < -0.4 is 0 Å². The molecule has 1 atom stereocenters. The van der Waals surface area contributed by atoms with Gasteiger partial charge in [0.2, 0.25) is 0 Å². The second kappa shape index (κ2) is 3.24.